The summed E-state index contributed by atoms with van der Waals surface area (Å²) in [5.41, 5.74) is -1.79. The van der Waals surface area contributed by atoms with Crippen molar-refractivity contribution in [2.45, 2.75) is 26.1 Å². The molecule has 8 heteroatoms. The third kappa shape index (κ3) is 3.46. The molecule has 0 radical (unpaired) electrons. The Labute approximate surface area is 130 Å². The first-order valence-electron chi connectivity index (χ1n) is 7.08. The molecule has 0 saturated carbocycles. The first-order chi connectivity index (χ1) is 10.6. The number of halogens is 4. The molecule has 1 heterocycles. The van der Waals surface area contributed by atoms with Gasteiger partial charge in [-0.3, -0.25) is 9.59 Å². The maximum atomic E-state index is 13.3. The molecule has 1 N–H and O–H groups in total. The molecular formula is C15H16F4N2O2. The second kappa shape index (κ2) is 6.17. The van der Waals surface area contributed by atoms with Gasteiger partial charge < -0.3 is 10.2 Å². The number of carbonyl (C=O) groups is 2. The molecule has 1 saturated heterocycles. The summed E-state index contributed by atoms with van der Waals surface area (Å²) in [4.78, 5) is 25.7. The smallest absolute Gasteiger partial charge is 0.353 e. The van der Waals surface area contributed by atoms with Gasteiger partial charge in [-0.05, 0) is 24.1 Å². The summed E-state index contributed by atoms with van der Waals surface area (Å²) in [5.74, 6) is -2.71. The van der Waals surface area contributed by atoms with Crippen LogP contribution in [0.4, 0.5) is 17.6 Å². The van der Waals surface area contributed by atoms with Gasteiger partial charge in [-0.1, -0.05) is 13.8 Å². The zero-order valence-corrected chi connectivity index (χ0v) is 12.6. The largest absolute Gasteiger partial charge is 0.419 e. The van der Waals surface area contributed by atoms with E-state index in [0.717, 1.165) is 6.07 Å². The second-order valence-electron chi connectivity index (χ2n) is 5.67. The monoisotopic (exact) mass is 332 g/mol. The number of nitrogens with zero attached hydrogens (tertiary/aromatic N) is 1. The number of piperazine rings is 1. The van der Waals surface area contributed by atoms with Gasteiger partial charge in [0.2, 0.25) is 5.91 Å². The molecule has 23 heavy (non-hydrogen) atoms. The zero-order chi connectivity index (χ0) is 17.4. The highest BCUT2D eigenvalue weighted by Gasteiger charge is 2.38. The van der Waals surface area contributed by atoms with Crippen molar-refractivity contribution in [1.29, 1.82) is 0 Å². The zero-order valence-electron chi connectivity index (χ0n) is 12.6. The van der Waals surface area contributed by atoms with Crippen LogP contribution in [0, 0.1) is 11.7 Å². The number of amides is 2. The second-order valence-corrected chi connectivity index (χ2v) is 5.67. The van der Waals surface area contributed by atoms with Gasteiger partial charge in [-0.2, -0.15) is 13.2 Å². The molecule has 1 aliphatic heterocycles. The van der Waals surface area contributed by atoms with Crippen molar-refractivity contribution in [1.82, 2.24) is 10.2 Å². The van der Waals surface area contributed by atoms with Crippen LogP contribution < -0.4 is 5.32 Å². The fourth-order valence-electron chi connectivity index (χ4n) is 2.62. The molecule has 126 valence electrons. The predicted octanol–water partition coefficient (Wildman–Crippen LogP) is 2.44. The van der Waals surface area contributed by atoms with Gasteiger partial charge >= 0.3 is 6.18 Å². The van der Waals surface area contributed by atoms with Crippen molar-refractivity contribution in [2.24, 2.45) is 5.92 Å². The molecule has 1 atom stereocenters. The molecule has 0 aliphatic carbocycles. The van der Waals surface area contributed by atoms with Crippen LogP contribution in [0.3, 0.4) is 0 Å². The van der Waals surface area contributed by atoms with Crippen molar-refractivity contribution in [2.75, 3.05) is 13.1 Å². The Hall–Kier alpha value is -2.12. The van der Waals surface area contributed by atoms with Gasteiger partial charge in [-0.25, -0.2) is 4.39 Å². The van der Waals surface area contributed by atoms with Crippen molar-refractivity contribution >= 4 is 11.8 Å². The summed E-state index contributed by atoms with van der Waals surface area (Å²) in [5, 5.41) is 2.62. The Morgan fingerprint density at radius 1 is 1.35 bits per heavy atom. The van der Waals surface area contributed by atoms with Crippen molar-refractivity contribution in [3.63, 3.8) is 0 Å². The van der Waals surface area contributed by atoms with E-state index in [1.807, 2.05) is 0 Å². The number of rotatable bonds is 2. The highest BCUT2D eigenvalue weighted by molar-refractivity contribution is 5.98. The topological polar surface area (TPSA) is 49.4 Å². The first-order valence-corrected chi connectivity index (χ1v) is 7.08. The van der Waals surface area contributed by atoms with E-state index < -0.39 is 29.5 Å². The maximum Gasteiger partial charge on any atom is 0.419 e. The highest BCUT2D eigenvalue weighted by atomic mass is 19.4. The SMILES string of the molecule is CC(C)C1C(=O)NCCN1C(=O)c1ccc(F)c(C(F)(F)F)c1. The van der Waals surface area contributed by atoms with Crippen LogP contribution in [0.15, 0.2) is 18.2 Å². The average molecular weight is 332 g/mol. The maximum absolute atomic E-state index is 13.3. The van der Waals surface area contributed by atoms with Gasteiger partial charge in [0.25, 0.3) is 5.91 Å². The molecule has 0 bridgehead atoms. The third-order valence-corrected chi connectivity index (χ3v) is 3.67. The van der Waals surface area contributed by atoms with Crippen molar-refractivity contribution in [3.8, 4) is 0 Å². The molecule has 1 aromatic carbocycles. The molecule has 4 nitrogen and oxygen atoms in total. The van der Waals surface area contributed by atoms with Gasteiger partial charge in [-0.15, -0.1) is 0 Å². The summed E-state index contributed by atoms with van der Waals surface area (Å²) in [6.45, 7) is 3.89. The lowest BCUT2D eigenvalue weighted by molar-refractivity contribution is -0.140. The molecule has 0 aromatic heterocycles. The van der Waals surface area contributed by atoms with E-state index in [9.17, 15) is 27.2 Å². The van der Waals surface area contributed by atoms with Crippen LogP contribution in [-0.4, -0.2) is 35.8 Å². The number of alkyl halides is 3. The predicted molar refractivity (Wildman–Crippen MR) is 74.1 cm³/mol. The van der Waals surface area contributed by atoms with E-state index in [0.29, 0.717) is 12.1 Å². The van der Waals surface area contributed by atoms with Crippen LogP contribution in [0.5, 0.6) is 0 Å². The lowest BCUT2D eigenvalue weighted by atomic mass is 9.98. The molecule has 0 spiro atoms. The average Bonchev–Trinajstić information content (AvgIpc) is 2.45. The molecule has 1 unspecified atom stereocenters. The van der Waals surface area contributed by atoms with Gasteiger partial charge in [0.05, 0.1) is 5.56 Å². The van der Waals surface area contributed by atoms with E-state index in [1.54, 1.807) is 13.8 Å². The molecule has 1 aliphatic rings. The lowest BCUT2D eigenvalue weighted by Gasteiger charge is -2.37. The summed E-state index contributed by atoms with van der Waals surface area (Å²) in [6.07, 6.45) is -4.89. The Morgan fingerprint density at radius 2 is 2.00 bits per heavy atom. The molecule has 1 aromatic rings. The lowest BCUT2D eigenvalue weighted by Crippen LogP contribution is -2.59. The van der Waals surface area contributed by atoms with Gasteiger partial charge in [0.1, 0.15) is 11.9 Å². The highest BCUT2D eigenvalue weighted by Crippen LogP contribution is 2.32. The van der Waals surface area contributed by atoms with Crippen LogP contribution in [0.25, 0.3) is 0 Å². The fraction of sp³-hybridized carbons (Fsp3) is 0.467. The quantitative estimate of drug-likeness (QED) is 0.846. The Morgan fingerprint density at radius 3 is 2.57 bits per heavy atom. The van der Waals surface area contributed by atoms with Crippen LogP contribution in [-0.2, 0) is 11.0 Å². The van der Waals surface area contributed by atoms with E-state index in [-0.39, 0.29) is 30.5 Å². The Bertz CT molecular complexity index is 628. The summed E-state index contributed by atoms with van der Waals surface area (Å²) in [7, 11) is 0. The number of benzene rings is 1. The van der Waals surface area contributed by atoms with E-state index in [2.05, 4.69) is 5.32 Å². The standard InChI is InChI=1S/C15H16F4N2O2/c1-8(2)12-13(22)20-5-6-21(12)14(23)9-3-4-11(16)10(7-9)15(17,18)19/h3-4,7-8,12H,5-6H2,1-2H3,(H,20,22). The first kappa shape index (κ1) is 17.2. The minimum absolute atomic E-state index is 0.187. The van der Waals surface area contributed by atoms with Crippen LogP contribution in [0.1, 0.15) is 29.8 Å². The molecule has 1 fully saturated rings. The van der Waals surface area contributed by atoms with Crippen LogP contribution in [0.2, 0.25) is 0 Å². The van der Waals surface area contributed by atoms with Crippen LogP contribution >= 0.6 is 0 Å². The van der Waals surface area contributed by atoms with Crippen molar-refractivity contribution < 1.29 is 27.2 Å². The van der Waals surface area contributed by atoms with E-state index in [1.165, 1.54) is 4.90 Å². The normalized spacial score (nSPS) is 19.0. The number of hydrogen-bond donors (Lipinski definition) is 1. The summed E-state index contributed by atoms with van der Waals surface area (Å²) < 4.78 is 51.6. The van der Waals surface area contributed by atoms with E-state index in [4.69, 9.17) is 0 Å². The Kier molecular flexibility index (Phi) is 4.63. The third-order valence-electron chi connectivity index (χ3n) is 3.67. The molecule has 2 rings (SSSR count). The van der Waals surface area contributed by atoms with Crippen molar-refractivity contribution in [3.05, 3.63) is 35.1 Å². The number of hydrogen-bond acceptors (Lipinski definition) is 2. The molecular weight excluding hydrogens is 316 g/mol. The number of nitrogens with one attached hydrogen (secondary N) is 1. The summed E-state index contributed by atoms with van der Waals surface area (Å²) >= 11 is 0. The minimum atomic E-state index is -4.89. The fourth-order valence-corrected chi connectivity index (χ4v) is 2.62. The summed E-state index contributed by atoms with van der Waals surface area (Å²) in [6, 6.07) is 1.33. The Balaban J connectivity index is 2.38. The van der Waals surface area contributed by atoms with Gasteiger partial charge in [0.15, 0.2) is 0 Å². The minimum Gasteiger partial charge on any atom is -0.353 e. The number of carbonyl (C=O) groups excluding carboxylic acids is 2. The van der Waals surface area contributed by atoms with Gasteiger partial charge in [0, 0.05) is 18.7 Å². The molecule has 2 amide bonds. The van der Waals surface area contributed by atoms with E-state index >= 15 is 0 Å².